The van der Waals surface area contributed by atoms with Crippen LogP contribution in [0, 0.1) is 5.92 Å². The Balaban J connectivity index is 2.01. The molecule has 4 nitrogen and oxygen atoms in total. The molecule has 2 N–H and O–H groups in total. The van der Waals surface area contributed by atoms with E-state index < -0.39 is 5.79 Å². The van der Waals surface area contributed by atoms with E-state index in [0.29, 0.717) is 12.5 Å². The number of hydrogen-bond acceptors (Lipinski definition) is 4. The van der Waals surface area contributed by atoms with Crippen LogP contribution in [-0.2, 0) is 14.2 Å². The Morgan fingerprint density at radius 2 is 1.93 bits per heavy atom. The predicted octanol–water partition coefficient (Wildman–Crippen LogP) is 0.889. The Morgan fingerprint density at radius 1 is 1.27 bits per heavy atom. The van der Waals surface area contributed by atoms with Crippen molar-refractivity contribution in [2.75, 3.05) is 6.61 Å². The van der Waals surface area contributed by atoms with Crippen molar-refractivity contribution in [1.82, 2.24) is 0 Å². The van der Waals surface area contributed by atoms with Crippen LogP contribution >= 0.6 is 0 Å². The van der Waals surface area contributed by atoms with Crippen LogP contribution in [-0.4, -0.2) is 36.7 Å². The normalized spacial score (nSPS) is 49.8. The molecule has 2 heterocycles. The van der Waals surface area contributed by atoms with Crippen molar-refractivity contribution in [3.63, 3.8) is 0 Å². The highest BCUT2D eigenvalue weighted by molar-refractivity contribution is 4.95. The molecule has 5 unspecified atom stereocenters. The monoisotopic (exact) mass is 215 g/mol. The molecule has 2 aliphatic heterocycles. The first-order valence-electron chi connectivity index (χ1n) is 5.63. The first-order chi connectivity index (χ1) is 6.91. The van der Waals surface area contributed by atoms with Gasteiger partial charge in [0.05, 0.1) is 12.7 Å². The summed E-state index contributed by atoms with van der Waals surface area (Å²) in [6.45, 7) is 8.59. The van der Waals surface area contributed by atoms with E-state index in [4.69, 9.17) is 19.9 Å². The zero-order chi connectivity index (χ0) is 11.2. The van der Waals surface area contributed by atoms with Gasteiger partial charge in [-0.05, 0) is 26.7 Å². The van der Waals surface area contributed by atoms with Crippen LogP contribution in [0.5, 0.6) is 0 Å². The highest BCUT2D eigenvalue weighted by Crippen LogP contribution is 2.33. The number of hydrogen-bond donors (Lipinski definition) is 1. The third-order valence-electron chi connectivity index (χ3n) is 3.50. The van der Waals surface area contributed by atoms with Crippen molar-refractivity contribution in [2.45, 2.75) is 57.8 Å². The molecule has 5 atom stereocenters. The van der Waals surface area contributed by atoms with E-state index in [0.717, 1.165) is 0 Å². The standard InChI is InChI=1S/C11H21NO3/c1-6-7(2)14-10(9(6)12)8-5-13-11(3,4)15-8/h6-10H,5,12H2,1-4H3. The summed E-state index contributed by atoms with van der Waals surface area (Å²) in [6.07, 6.45) is 0.150. The number of nitrogens with two attached hydrogens (primary N) is 1. The summed E-state index contributed by atoms with van der Waals surface area (Å²) in [5.74, 6) is -0.120. The summed E-state index contributed by atoms with van der Waals surface area (Å²) in [6, 6.07) is 0.0440. The second-order valence-electron chi connectivity index (χ2n) is 5.11. The molecule has 0 aromatic rings. The van der Waals surface area contributed by atoms with E-state index in [1.54, 1.807) is 0 Å². The zero-order valence-corrected chi connectivity index (χ0v) is 9.90. The lowest BCUT2D eigenvalue weighted by atomic mass is 9.95. The minimum absolute atomic E-state index is 0.0256. The molecule has 2 aliphatic rings. The molecule has 0 aromatic heterocycles. The third-order valence-corrected chi connectivity index (χ3v) is 3.50. The number of rotatable bonds is 1. The Labute approximate surface area is 91.1 Å². The van der Waals surface area contributed by atoms with Crippen molar-refractivity contribution >= 4 is 0 Å². The lowest BCUT2D eigenvalue weighted by Gasteiger charge is -2.23. The van der Waals surface area contributed by atoms with Gasteiger partial charge in [0.2, 0.25) is 0 Å². The van der Waals surface area contributed by atoms with Crippen LogP contribution < -0.4 is 5.73 Å². The van der Waals surface area contributed by atoms with Crippen LogP contribution in [0.4, 0.5) is 0 Å². The summed E-state index contributed by atoms with van der Waals surface area (Å²) >= 11 is 0. The Hall–Kier alpha value is -0.160. The van der Waals surface area contributed by atoms with Crippen molar-refractivity contribution in [2.24, 2.45) is 11.7 Å². The summed E-state index contributed by atoms with van der Waals surface area (Å²) in [4.78, 5) is 0. The Kier molecular flexibility index (Phi) is 2.79. The summed E-state index contributed by atoms with van der Waals surface area (Å²) in [5, 5.41) is 0. The van der Waals surface area contributed by atoms with Gasteiger partial charge in [0.1, 0.15) is 12.2 Å². The maximum Gasteiger partial charge on any atom is 0.163 e. The predicted molar refractivity (Wildman–Crippen MR) is 56.4 cm³/mol. The molecule has 0 aliphatic carbocycles. The maximum absolute atomic E-state index is 6.12. The molecule has 2 saturated heterocycles. The lowest BCUT2D eigenvalue weighted by Crippen LogP contribution is -2.44. The zero-order valence-electron chi connectivity index (χ0n) is 9.90. The molecule has 88 valence electrons. The van der Waals surface area contributed by atoms with E-state index in [-0.39, 0.29) is 24.4 Å². The quantitative estimate of drug-likeness (QED) is 0.705. The van der Waals surface area contributed by atoms with E-state index >= 15 is 0 Å². The van der Waals surface area contributed by atoms with E-state index in [9.17, 15) is 0 Å². The van der Waals surface area contributed by atoms with Crippen LogP contribution in [0.2, 0.25) is 0 Å². The van der Waals surface area contributed by atoms with Gasteiger partial charge < -0.3 is 19.9 Å². The molecule has 0 aromatic carbocycles. The van der Waals surface area contributed by atoms with Gasteiger partial charge in [-0.1, -0.05) is 6.92 Å². The average molecular weight is 215 g/mol. The van der Waals surface area contributed by atoms with Crippen molar-refractivity contribution < 1.29 is 14.2 Å². The fourth-order valence-corrected chi connectivity index (χ4v) is 2.29. The second kappa shape index (κ2) is 3.70. The molecular weight excluding hydrogens is 194 g/mol. The van der Waals surface area contributed by atoms with Crippen molar-refractivity contribution in [3.8, 4) is 0 Å². The molecule has 15 heavy (non-hydrogen) atoms. The molecule has 0 saturated carbocycles. The summed E-state index contributed by atoms with van der Waals surface area (Å²) < 4.78 is 17.1. The smallest absolute Gasteiger partial charge is 0.163 e. The molecule has 0 amide bonds. The average Bonchev–Trinajstić information content (AvgIpc) is 2.62. The third kappa shape index (κ3) is 2.04. The van der Waals surface area contributed by atoms with E-state index in [1.165, 1.54) is 0 Å². The summed E-state index contributed by atoms with van der Waals surface area (Å²) in [5.41, 5.74) is 6.12. The van der Waals surface area contributed by atoms with E-state index in [2.05, 4.69) is 13.8 Å². The first kappa shape index (κ1) is 11.3. The van der Waals surface area contributed by atoms with Crippen molar-refractivity contribution in [1.29, 1.82) is 0 Å². The van der Waals surface area contributed by atoms with Crippen LogP contribution in [0.15, 0.2) is 0 Å². The van der Waals surface area contributed by atoms with Crippen LogP contribution in [0.1, 0.15) is 27.7 Å². The Morgan fingerprint density at radius 3 is 2.33 bits per heavy atom. The second-order valence-corrected chi connectivity index (χ2v) is 5.11. The topological polar surface area (TPSA) is 53.7 Å². The van der Waals surface area contributed by atoms with E-state index in [1.807, 2.05) is 13.8 Å². The van der Waals surface area contributed by atoms with Crippen LogP contribution in [0.25, 0.3) is 0 Å². The van der Waals surface area contributed by atoms with Gasteiger partial charge in [0.15, 0.2) is 5.79 Å². The fraction of sp³-hybridized carbons (Fsp3) is 1.00. The lowest BCUT2D eigenvalue weighted by molar-refractivity contribution is -0.155. The van der Waals surface area contributed by atoms with Crippen molar-refractivity contribution in [3.05, 3.63) is 0 Å². The molecule has 2 fully saturated rings. The number of ether oxygens (including phenoxy) is 3. The molecule has 0 spiro atoms. The minimum Gasteiger partial charge on any atom is -0.371 e. The highest BCUT2D eigenvalue weighted by Gasteiger charge is 2.46. The largest absolute Gasteiger partial charge is 0.371 e. The minimum atomic E-state index is -0.497. The molecule has 0 bridgehead atoms. The fourth-order valence-electron chi connectivity index (χ4n) is 2.29. The molecular formula is C11H21NO3. The SMILES string of the molecule is CC1OC(C2COC(C)(C)O2)C(N)C1C. The molecule has 2 rings (SSSR count). The van der Waals surface area contributed by atoms with Gasteiger partial charge in [0, 0.05) is 6.04 Å². The molecule has 4 heteroatoms. The Bertz CT molecular complexity index is 244. The highest BCUT2D eigenvalue weighted by atomic mass is 16.7. The molecule has 0 radical (unpaired) electrons. The van der Waals surface area contributed by atoms with Gasteiger partial charge >= 0.3 is 0 Å². The summed E-state index contributed by atoms with van der Waals surface area (Å²) in [7, 11) is 0. The van der Waals surface area contributed by atoms with Gasteiger partial charge in [-0.25, -0.2) is 0 Å². The first-order valence-corrected chi connectivity index (χ1v) is 5.63. The van der Waals surface area contributed by atoms with Gasteiger partial charge in [-0.15, -0.1) is 0 Å². The van der Waals surface area contributed by atoms with Gasteiger partial charge in [0.25, 0.3) is 0 Å². The van der Waals surface area contributed by atoms with Gasteiger partial charge in [-0.3, -0.25) is 0 Å². The van der Waals surface area contributed by atoms with Crippen LogP contribution in [0.3, 0.4) is 0 Å². The maximum atomic E-state index is 6.12. The van der Waals surface area contributed by atoms with Gasteiger partial charge in [-0.2, -0.15) is 0 Å².